The van der Waals surface area contributed by atoms with Crippen LogP contribution in [0.3, 0.4) is 0 Å². The molecule has 0 aromatic heterocycles. The summed E-state index contributed by atoms with van der Waals surface area (Å²) in [7, 11) is 0. The third-order valence-corrected chi connectivity index (χ3v) is 5.18. The van der Waals surface area contributed by atoms with Gasteiger partial charge < -0.3 is 9.84 Å². The van der Waals surface area contributed by atoms with E-state index in [0.717, 1.165) is 5.56 Å². The molecule has 2 unspecified atom stereocenters. The van der Waals surface area contributed by atoms with Gasteiger partial charge in [-0.1, -0.05) is 42.5 Å². The minimum absolute atomic E-state index is 0.0588. The molecular weight excluding hydrogens is 345 g/mol. The minimum atomic E-state index is -1.09. The molecule has 1 aliphatic heterocycles. The molecule has 1 saturated heterocycles. The summed E-state index contributed by atoms with van der Waals surface area (Å²) in [6.45, 7) is 0.0588. The van der Waals surface area contributed by atoms with Crippen molar-refractivity contribution in [2.45, 2.75) is 18.0 Å². The molecule has 2 aromatic carbocycles. The molecule has 5 nitrogen and oxygen atoms in total. The molecule has 0 saturated carbocycles. The summed E-state index contributed by atoms with van der Waals surface area (Å²) in [5, 5.41) is 8.88. The predicted octanol–water partition coefficient (Wildman–Crippen LogP) is 3.66. The van der Waals surface area contributed by atoms with Gasteiger partial charge in [0.2, 0.25) is 0 Å². The monoisotopic (exact) mass is 361 g/mol. The summed E-state index contributed by atoms with van der Waals surface area (Å²) >= 11 is 1.32. The number of carbonyl (C=O) groups excluding carboxylic acids is 1. The number of carboxylic acid groups (broad SMARTS) is 1. The van der Waals surface area contributed by atoms with Crippen LogP contribution < -0.4 is 0 Å². The van der Waals surface area contributed by atoms with Crippen LogP contribution in [0.15, 0.2) is 54.6 Å². The van der Waals surface area contributed by atoms with Gasteiger partial charge in [0.05, 0.1) is 0 Å². The van der Waals surface area contributed by atoms with Crippen molar-refractivity contribution in [2.24, 2.45) is 0 Å². The van der Waals surface area contributed by atoms with Crippen molar-refractivity contribution >= 4 is 23.8 Å². The molecule has 1 aliphatic rings. The van der Waals surface area contributed by atoms with Gasteiger partial charge in [-0.15, -0.1) is 11.8 Å². The molecule has 0 bridgehead atoms. The second kappa shape index (κ2) is 7.57. The second-order valence-corrected chi connectivity index (χ2v) is 6.65. The molecule has 2 atom stereocenters. The molecule has 1 amide bonds. The minimum Gasteiger partial charge on any atom is -0.480 e. The van der Waals surface area contributed by atoms with Crippen molar-refractivity contribution in [3.63, 3.8) is 0 Å². The normalized spacial score (nSPS) is 19.6. The highest BCUT2D eigenvalue weighted by Crippen LogP contribution is 2.41. The smallest absolute Gasteiger partial charge is 0.412 e. The summed E-state index contributed by atoms with van der Waals surface area (Å²) in [6, 6.07) is 13.8. The van der Waals surface area contributed by atoms with Gasteiger partial charge in [0.1, 0.15) is 23.8 Å². The first kappa shape index (κ1) is 17.3. The fourth-order valence-corrected chi connectivity index (χ4v) is 4.01. The van der Waals surface area contributed by atoms with Crippen molar-refractivity contribution in [2.75, 3.05) is 5.75 Å². The van der Waals surface area contributed by atoms with Crippen LogP contribution in [0, 0.1) is 5.82 Å². The zero-order valence-corrected chi connectivity index (χ0v) is 14.0. The lowest BCUT2D eigenvalue weighted by molar-refractivity contribution is -0.141. The van der Waals surface area contributed by atoms with Crippen molar-refractivity contribution in [1.82, 2.24) is 4.90 Å². The largest absolute Gasteiger partial charge is 0.480 e. The van der Waals surface area contributed by atoms with Crippen LogP contribution in [0.5, 0.6) is 0 Å². The average molecular weight is 361 g/mol. The maximum Gasteiger partial charge on any atom is 0.412 e. The van der Waals surface area contributed by atoms with Gasteiger partial charge in [-0.25, -0.2) is 14.0 Å². The number of aliphatic carboxylic acids is 1. The van der Waals surface area contributed by atoms with E-state index in [0.29, 0.717) is 5.56 Å². The van der Waals surface area contributed by atoms with Crippen LogP contribution in [0.2, 0.25) is 0 Å². The quantitative estimate of drug-likeness (QED) is 0.900. The standard InChI is InChI=1S/C18H16FNO4S/c19-14-8-6-13(7-9-14)16-20(15(11-25-16)17(21)22)18(23)24-10-12-4-2-1-3-5-12/h1-9,15-16H,10-11H2,(H,21,22). The SMILES string of the molecule is O=C(O)C1CSC(c2ccc(F)cc2)N1C(=O)OCc1ccccc1. The van der Waals surface area contributed by atoms with E-state index in [1.807, 2.05) is 30.3 Å². The van der Waals surface area contributed by atoms with Gasteiger partial charge in [0.25, 0.3) is 0 Å². The zero-order chi connectivity index (χ0) is 17.8. The van der Waals surface area contributed by atoms with E-state index >= 15 is 0 Å². The van der Waals surface area contributed by atoms with Crippen LogP contribution in [-0.2, 0) is 16.1 Å². The number of halogens is 1. The highest BCUT2D eigenvalue weighted by molar-refractivity contribution is 7.99. The van der Waals surface area contributed by atoms with Gasteiger partial charge in [0, 0.05) is 5.75 Å². The Morgan fingerprint density at radius 2 is 1.84 bits per heavy atom. The Morgan fingerprint density at radius 3 is 2.48 bits per heavy atom. The molecular formula is C18H16FNO4S. The number of benzene rings is 2. The fraction of sp³-hybridized carbons (Fsp3) is 0.222. The number of hydrogen-bond acceptors (Lipinski definition) is 4. The van der Waals surface area contributed by atoms with E-state index < -0.39 is 23.5 Å². The van der Waals surface area contributed by atoms with Crippen LogP contribution in [0.1, 0.15) is 16.5 Å². The number of hydrogen-bond donors (Lipinski definition) is 1. The number of carbonyl (C=O) groups is 2. The average Bonchev–Trinajstić information content (AvgIpc) is 3.06. The fourth-order valence-electron chi connectivity index (χ4n) is 2.60. The third kappa shape index (κ3) is 3.93. The second-order valence-electron chi connectivity index (χ2n) is 5.54. The van der Waals surface area contributed by atoms with Crippen LogP contribution in [0.4, 0.5) is 9.18 Å². The van der Waals surface area contributed by atoms with E-state index in [1.165, 1.54) is 28.8 Å². The molecule has 130 valence electrons. The van der Waals surface area contributed by atoms with E-state index in [1.54, 1.807) is 12.1 Å². The van der Waals surface area contributed by atoms with Gasteiger partial charge in [-0.3, -0.25) is 4.90 Å². The van der Waals surface area contributed by atoms with Gasteiger partial charge in [0.15, 0.2) is 0 Å². The lowest BCUT2D eigenvalue weighted by atomic mass is 10.2. The van der Waals surface area contributed by atoms with Gasteiger partial charge in [-0.2, -0.15) is 0 Å². The maximum atomic E-state index is 13.1. The van der Waals surface area contributed by atoms with Gasteiger partial charge in [-0.05, 0) is 23.3 Å². The van der Waals surface area contributed by atoms with Crippen LogP contribution >= 0.6 is 11.8 Å². The lowest BCUT2D eigenvalue weighted by Gasteiger charge is -2.26. The Kier molecular flexibility index (Phi) is 5.23. The molecule has 0 spiro atoms. The third-order valence-electron chi connectivity index (χ3n) is 3.86. The van der Waals surface area contributed by atoms with E-state index in [-0.39, 0.29) is 18.2 Å². The predicted molar refractivity (Wildman–Crippen MR) is 91.5 cm³/mol. The zero-order valence-electron chi connectivity index (χ0n) is 13.2. The Bertz CT molecular complexity index is 753. The number of amides is 1. The van der Waals surface area contributed by atoms with Crippen LogP contribution in [0.25, 0.3) is 0 Å². The Morgan fingerprint density at radius 1 is 1.16 bits per heavy atom. The van der Waals surface area contributed by atoms with Crippen molar-refractivity contribution in [1.29, 1.82) is 0 Å². The molecule has 2 aromatic rings. The van der Waals surface area contributed by atoms with Crippen molar-refractivity contribution in [3.05, 3.63) is 71.5 Å². The van der Waals surface area contributed by atoms with Crippen molar-refractivity contribution < 1.29 is 23.8 Å². The number of carboxylic acids is 1. The summed E-state index contributed by atoms with van der Waals surface area (Å²) in [6.07, 6.45) is -0.699. The summed E-state index contributed by atoms with van der Waals surface area (Å²) in [5.74, 6) is -1.23. The molecule has 0 aliphatic carbocycles. The highest BCUT2D eigenvalue weighted by atomic mass is 32.2. The number of nitrogens with zero attached hydrogens (tertiary/aromatic N) is 1. The molecule has 7 heteroatoms. The number of rotatable bonds is 4. The first-order valence-electron chi connectivity index (χ1n) is 7.65. The van der Waals surface area contributed by atoms with Gasteiger partial charge >= 0.3 is 12.1 Å². The molecule has 25 heavy (non-hydrogen) atoms. The van der Waals surface area contributed by atoms with Crippen LogP contribution in [-0.4, -0.2) is 33.9 Å². The molecule has 1 heterocycles. The van der Waals surface area contributed by atoms with E-state index in [2.05, 4.69) is 0 Å². The Labute approximate surface area is 148 Å². The highest BCUT2D eigenvalue weighted by Gasteiger charge is 2.43. The molecule has 0 radical (unpaired) electrons. The number of ether oxygens (including phenoxy) is 1. The maximum absolute atomic E-state index is 13.1. The molecule has 3 rings (SSSR count). The summed E-state index contributed by atoms with van der Waals surface area (Å²) < 4.78 is 18.4. The van der Waals surface area contributed by atoms with E-state index in [4.69, 9.17) is 4.74 Å². The Balaban J connectivity index is 1.78. The molecule has 1 N–H and O–H groups in total. The molecule has 1 fully saturated rings. The number of thioether (sulfide) groups is 1. The summed E-state index contributed by atoms with van der Waals surface area (Å²) in [4.78, 5) is 25.2. The topological polar surface area (TPSA) is 66.8 Å². The Hall–Kier alpha value is -2.54. The van der Waals surface area contributed by atoms with Crippen molar-refractivity contribution in [3.8, 4) is 0 Å². The first-order valence-corrected chi connectivity index (χ1v) is 8.70. The lowest BCUT2D eigenvalue weighted by Crippen LogP contribution is -2.43. The first-order chi connectivity index (χ1) is 12.1. The van der Waals surface area contributed by atoms with E-state index in [9.17, 15) is 19.1 Å². The summed E-state index contributed by atoms with van der Waals surface area (Å²) in [5.41, 5.74) is 1.47.